The molecule has 1 aliphatic heterocycles. The molecular weight excluding hydrogens is 285 g/mol. The van der Waals surface area contributed by atoms with Crippen LogP contribution < -0.4 is 5.32 Å². The van der Waals surface area contributed by atoms with Crippen molar-refractivity contribution in [2.75, 3.05) is 13.1 Å². The van der Waals surface area contributed by atoms with E-state index in [1.165, 1.54) is 17.3 Å². The maximum Gasteiger partial charge on any atom is 0.317 e. The largest absolute Gasteiger partial charge is 0.334 e. The van der Waals surface area contributed by atoms with Gasteiger partial charge in [0.05, 0.1) is 12.4 Å². The molecule has 0 unspecified atom stereocenters. The lowest BCUT2D eigenvalue weighted by Crippen LogP contribution is -2.42. The van der Waals surface area contributed by atoms with Gasteiger partial charge in [-0.2, -0.15) is 5.10 Å². The molecule has 0 bridgehead atoms. The molecule has 6 nitrogen and oxygen atoms in total. The molecule has 1 fully saturated rings. The minimum absolute atomic E-state index is 0.0297. The quantitative estimate of drug-likeness (QED) is 0.944. The number of piperidine rings is 1. The Morgan fingerprint density at radius 1 is 1.23 bits per heavy atom. The molecular formula is C15H18FN5O. The predicted octanol–water partition coefficient (Wildman–Crippen LogP) is 2.10. The number of pyridine rings is 1. The van der Waals surface area contributed by atoms with E-state index < -0.39 is 5.82 Å². The van der Waals surface area contributed by atoms with E-state index in [9.17, 15) is 9.18 Å². The molecule has 0 aliphatic carbocycles. The summed E-state index contributed by atoms with van der Waals surface area (Å²) < 4.78 is 14.3. The number of urea groups is 1. The van der Waals surface area contributed by atoms with Crippen molar-refractivity contribution in [3.63, 3.8) is 0 Å². The first-order valence-corrected chi connectivity index (χ1v) is 7.40. The molecule has 3 rings (SSSR count). The highest BCUT2D eigenvalue weighted by atomic mass is 19.1. The molecule has 2 amide bonds. The number of likely N-dealkylation sites (tertiary alicyclic amines) is 1. The number of halogens is 1. The normalized spacial score (nSPS) is 14.9. The van der Waals surface area contributed by atoms with Crippen molar-refractivity contribution in [3.8, 4) is 5.82 Å². The second-order valence-electron chi connectivity index (χ2n) is 5.33. The molecule has 116 valence electrons. The molecule has 2 aromatic rings. The zero-order chi connectivity index (χ0) is 15.4. The van der Waals surface area contributed by atoms with Crippen LogP contribution in [0.5, 0.6) is 0 Å². The number of nitrogens with zero attached hydrogens (tertiary/aromatic N) is 4. The first-order chi connectivity index (χ1) is 10.7. The standard InChI is InChI=1S/C15H18FN5O/c16-13-10-19-21(11-13)14-5-4-12(8-17-14)9-18-15(22)20-6-2-1-3-7-20/h4-5,8,10-11H,1-3,6-7,9H2,(H,18,22). The molecule has 0 radical (unpaired) electrons. The van der Waals surface area contributed by atoms with Crippen molar-refractivity contribution in [1.82, 2.24) is 25.0 Å². The van der Waals surface area contributed by atoms with Gasteiger partial charge in [0.2, 0.25) is 0 Å². The van der Waals surface area contributed by atoms with Gasteiger partial charge in [0.1, 0.15) is 0 Å². The zero-order valence-corrected chi connectivity index (χ0v) is 12.2. The van der Waals surface area contributed by atoms with Crippen LogP contribution in [0.1, 0.15) is 24.8 Å². The molecule has 1 aliphatic rings. The summed E-state index contributed by atoms with van der Waals surface area (Å²) in [7, 11) is 0. The minimum atomic E-state index is -0.403. The van der Waals surface area contributed by atoms with Crippen LogP contribution in [0.2, 0.25) is 0 Å². The molecule has 7 heteroatoms. The van der Waals surface area contributed by atoms with Gasteiger partial charge in [-0.1, -0.05) is 6.07 Å². The van der Waals surface area contributed by atoms with Crippen LogP contribution in [-0.2, 0) is 6.54 Å². The number of aromatic nitrogens is 3. The fraction of sp³-hybridized carbons (Fsp3) is 0.400. The predicted molar refractivity (Wildman–Crippen MR) is 79.0 cm³/mol. The van der Waals surface area contributed by atoms with E-state index in [1.807, 2.05) is 11.0 Å². The monoisotopic (exact) mass is 303 g/mol. The minimum Gasteiger partial charge on any atom is -0.334 e. The Labute approximate surface area is 128 Å². The van der Waals surface area contributed by atoms with Crippen LogP contribution in [-0.4, -0.2) is 38.8 Å². The Kier molecular flexibility index (Phi) is 4.32. The summed E-state index contributed by atoms with van der Waals surface area (Å²) in [6.45, 7) is 2.08. The number of nitrogens with one attached hydrogen (secondary N) is 1. The van der Waals surface area contributed by atoms with Gasteiger partial charge in [-0.05, 0) is 30.9 Å². The fourth-order valence-electron chi connectivity index (χ4n) is 2.47. The SMILES string of the molecule is O=C(NCc1ccc(-n2cc(F)cn2)nc1)N1CCCCC1. The Morgan fingerprint density at radius 2 is 2.05 bits per heavy atom. The Balaban J connectivity index is 1.56. The summed E-state index contributed by atoms with van der Waals surface area (Å²) >= 11 is 0. The van der Waals surface area contributed by atoms with E-state index in [0.29, 0.717) is 12.4 Å². The molecule has 3 heterocycles. The highest BCUT2D eigenvalue weighted by molar-refractivity contribution is 5.74. The average molecular weight is 303 g/mol. The lowest BCUT2D eigenvalue weighted by molar-refractivity contribution is 0.186. The zero-order valence-electron chi connectivity index (χ0n) is 12.2. The van der Waals surface area contributed by atoms with Crippen LogP contribution >= 0.6 is 0 Å². The van der Waals surface area contributed by atoms with Crippen LogP contribution in [0.15, 0.2) is 30.7 Å². The molecule has 0 saturated carbocycles. The second-order valence-corrected chi connectivity index (χ2v) is 5.33. The van der Waals surface area contributed by atoms with Crippen molar-refractivity contribution in [2.24, 2.45) is 0 Å². The smallest absolute Gasteiger partial charge is 0.317 e. The molecule has 22 heavy (non-hydrogen) atoms. The molecule has 1 N–H and O–H groups in total. The molecule has 0 aromatic carbocycles. The van der Waals surface area contributed by atoms with E-state index in [4.69, 9.17) is 0 Å². The Bertz CT molecular complexity index is 634. The number of amides is 2. The van der Waals surface area contributed by atoms with Gasteiger partial charge in [0.25, 0.3) is 0 Å². The lowest BCUT2D eigenvalue weighted by Gasteiger charge is -2.26. The van der Waals surface area contributed by atoms with Crippen LogP contribution in [0.25, 0.3) is 5.82 Å². The topological polar surface area (TPSA) is 63.1 Å². The number of carbonyl (C=O) groups is 1. The second kappa shape index (κ2) is 6.55. The molecule has 0 atom stereocenters. The highest BCUT2D eigenvalue weighted by Crippen LogP contribution is 2.09. The van der Waals surface area contributed by atoms with Crippen molar-refractivity contribution in [3.05, 3.63) is 42.1 Å². The van der Waals surface area contributed by atoms with Crippen molar-refractivity contribution >= 4 is 6.03 Å². The lowest BCUT2D eigenvalue weighted by atomic mass is 10.1. The summed E-state index contributed by atoms with van der Waals surface area (Å²) in [6, 6.07) is 3.56. The van der Waals surface area contributed by atoms with Gasteiger partial charge in [-0.15, -0.1) is 0 Å². The van der Waals surface area contributed by atoms with E-state index >= 15 is 0 Å². The Morgan fingerprint density at radius 3 is 2.68 bits per heavy atom. The number of rotatable bonds is 3. The first-order valence-electron chi connectivity index (χ1n) is 7.40. The third-order valence-electron chi connectivity index (χ3n) is 3.68. The summed E-state index contributed by atoms with van der Waals surface area (Å²) in [5.74, 6) is 0.134. The maximum absolute atomic E-state index is 12.9. The number of carbonyl (C=O) groups excluding carboxylic acids is 1. The molecule has 0 spiro atoms. The Hall–Kier alpha value is -2.44. The maximum atomic E-state index is 12.9. The van der Waals surface area contributed by atoms with Gasteiger partial charge in [-0.25, -0.2) is 18.9 Å². The third kappa shape index (κ3) is 3.41. The summed E-state index contributed by atoms with van der Waals surface area (Å²) in [6.07, 6.45) is 7.40. The molecule has 2 aromatic heterocycles. The van der Waals surface area contributed by atoms with E-state index in [1.54, 1.807) is 12.3 Å². The summed E-state index contributed by atoms with van der Waals surface area (Å²) in [5.41, 5.74) is 0.890. The van der Waals surface area contributed by atoms with Gasteiger partial charge < -0.3 is 10.2 Å². The van der Waals surface area contributed by atoms with Crippen LogP contribution in [0, 0.1) is 5.82 Å². The van der Waals surface area contributed by atoms with Crippen molar-refractivity contribution in [1.29, 1.82) is 0 Å². The van der Waals surface area contributed by atoms with Crippen LogP contribution in [0.3, 0.4) is 0 Å². The van der Waals surface area contributed by atoms with Gasteiger partial charge in [-0.3, -0.25) is 0 Å². The fourth-order valence-corrected chi connectivity index (χ4v) is 2.47. The highest BCUT2D eigenvalue weighted by Gasteiger charge is 2.15. The van der Waals surface area contributed by atoms with Gasteiger partial charge >= 0.3 is 6.03 Å². The molecule has 1 saturated heterocycles. The van der Waals surface area contributed by atoms with E-state index in [-0.39, 0.29) is 6.03 Å². The van der Waals surface area contributed by atoms with E-state index in [0.717, 1.165) is 37.7 Å². The van der Waals surface area contributed by atoms with Gasteiger partial charge in [0, 0.05) is 25.8 Å². The third-order valence-corrected chi connectivity index (χ3v) is 3.68. The van der Waals surface area contributed by atoms with Crippen LogP contribution in [0.4, 0.5) is 9.18 Å². The summed E-state index contributed by atoms with van der Waals surface area (Å²) in [5, 5.41) is 6.75. The first kappa shape index (κ1) is 14.5. The average Bonchev–Trinajstić information content (AvgIpc) is 3.00. The van der Waals surface area contributed by atoms with Gasteiger partial charge in [0.15, 0.2) is 11.6 Å². The number of hydrogen-bond donors (Lipinski definition) is 1. The van der Waals surface area contributed by atoms with Crippen molar-refractivity contribution < 1.29 is 9.18 Å². The van der Waals surface area contributed by atoms with Crippen molar-refractivity contribution in [2.45, 2.75) is 25.8 Å². The number of hydrogen-bond acceptors (Lipinski definition) is 3. The summed E-state index contributed by atoms with van der Waals surface area (Å²) in [4.78, 5) is 18.1. The van der Waals surface area contributed by atoms with E-state index in [2.05, 4.69) is 15.4 Å².